The van der Waals surface area contributed by atoms with E-state index in [1.54, 1.807) is 0 Å². The molecule has 0 saturated heterocycles. The molecular weight excluding hydrogens is 276 g/mol. The molecule has 0 radical (unpaired) electrons. The molecule has 1 atom stereocenters. The molecular formula is C14H26N2O5. The summed E-state index contributed by atoms with van der Waals surface area (Å²) in [6, 6.07) is -0.179. The molecule has 0 unspecified atom stereocenters. The van der Waals surface area contributed by atoms with E-state index in [1.165, 1.54) is 7.11 Å². The summed E-state index contributed by atoms with van der Waals surface area (Å²) in [6.07, 6.45) is 2.02. The van der Waals surface area contributed by atoms with Gasteiger partial charge in [0, 0.05) is 19.0 Å². The van der Waals surface area contributed by atoms with E-state index in [2.05, 4.69) is 15.4 Å². The fourth-order valence-electron chi connectivity index (χ4n) is 1.62. The first kappa shape index (κ1) is 19.2. The Labute approximate surface area is 125 Å². The van der Waals surface area contributed by atoms with Gasteiger partial charge in [-0.05, 0) is 12.8 Å². The van der Waals surface area contributed by atoms with Crippen LogP contribution in [-0.4, -0.2) is 44.3 Å². The lowest BCUT2D eigenvalue weighted by atomic mass is 10.1. The van der Waals surface area contributed by atoms with Crippen LogP contribution in [0.1, 0.15) is 46.0 Å². The smallest absolute Gasteiger partial charge is 0.407 e. The van der Waals surface area contributed by atoms with Crippen molar-refractivity contribution in [2.24, 2.45) is 0 Å². The normalized spacial score (nSPS) is 11.4. The Morgan fingerprint density at radius 2 is 1.81 bits per heavy atom. The molecule has 0 aliphatic heterocycles. The lowest BCUT2D eigenvalue weighted by molar-refractivity contribution is -0.142. The first-order valence-electron chi connectivity index (χ1n) is 7.30. The Morgan fingerprint density at radius 3 is 2.38 bits per heavy atom. The van der Waals surface area contributed by atoms with E-state index in [4.69, 9.17) is 4.74 Å². The molecule has 0 fully saturated rings. The highest BCUT2D eigenvalue weighted by Crippen LogP contribution is 1.98. The molecule has 122 valence electrons. The summed E-state index contributed by atoms with van der Waals surface area (Å²) in [5.41, 5.74) is 0. The Balaban J connectivity index is 4.04. The van der Waals surface area contributed by atoms with E-state index in [0.717, 1.165) is 19.3 Å². The summed E-state index contributed by atoms with van der Waals surface area (Å²) < 4.78 is 9.41. The number of alkyl carbamates (subject to hydrolysis) is 1. The van der Waals surface area contributed by atoms with Crippen LogP contribution in [0.2, 0.25) is 0 Å². The Bertz CT molecular complexity index is 333. The zero-order chi connectivity index (χ0) is 16.1. The minimum atomic E-state index is -0.473. The number of hydrogen-bond donors (Lipinski definition) is 2. The predicted octanol–water partition coefficient (Wildman–Crippen LogP) is 1.36. The molecule has 7 nitrogen and oxygen atoms in total. The first-order valence-corrected chi connectivity index (χ1v) is 7.30. The molecule has 0 aromatic carbocycles. The monoisotopic (exact) mass is 302 g/mol. The van der Waals surface area contributed by atoms with Crippen LogP contribution in [0.5, 0.6) is 0 Å². The molecule has 0 aromatic heterocycles. The number of methoxy groups -OCH3 is 1. The molecule has 0 spiro atoms. The number of carbonyl (C=O) groups excluding carboxylic acids is 3. The molecule has 7 heteroatoms. The number of rotatable bonds is 10. The van der Waals surface area contributed by atoms with Crippen molar-refractivity contribution in [2.45, 2.75) is 52.0 Å². The lowest BCUT2D eigenvalue weighted by Crippen LogP contribution is -2.44. The largest absolute Gasteiger partial charge is 0.469 e. The van der Waals surface area contributed by atoms with E-state index in [0.29, 0.717) is 13.2 Å². The van der Waals surface area contributed by atoms with Crippen molar-refractivity contribution in [1.29, 1.82) is 0 Å². The third kappa shape index (κ3) is 10.6. The summed E-state index contributed by atoms with van der Waals surface area (Å²) in [6.45, 7) is 4.59. The molecule has 21 heavy (non-hydrogen) atoms. The van der Waals surface area contributed by atoms with Crippen LogP contribution in [0.15, 0.2) is 0 Å². The van der Waals surface area contributed by atoms with Gasteiger partial charge in [-0.15, -0.1) is 0 Å². The van der Waals surface area contributed by atoms with Crippen LogP contribution in [0, 0.1) is 0 Å². The maximum absolute atomic E-state index is 11.6. The topological polar surface area (TPSA) is 93.7 Å². The average Bonchev–Trinajstić information content (AvgIpc) is 2.48. The number of esters is 1. The lowest BCUT2D eigenvalue weighted by Gasteiger charge is -2.18. The van der Waals surface area contributed by atoms with Crippen molar-refractivity contribution in [3.8, 4) is 0 Å². The predicted molar refractivity (Wildman–Crippen MR) is 77.7 cm³/mol. The minimum Gasteiger partial charge on any atom is -0.469 e. The van der Waals surface area contributed by atoms with E-state index in [-0.39, 0.29) is 24.8 Å². The maximum atomic E-state index is 11.6. The number of carbonyl (C=O) groups is 3. The third-order valence-electron chi connectivity index (χ3n) is 2.73. The van der Waals surface area contributed by atoms with Gasteiger partial charge in [0.15, 0.2) is 0 Å². The van der Waals surface area contributed by atoms with Gasteiger partial charge in [-0.25, -0.2) is 4.79 Å². The van der Waals surface area contributed by atoms with E-state index >= 15 is 0 Å². The molecule has 2 amide bonds. The number of ether oxygens (including phenoxy) is 2. The second-order valence-electron chi connectivity index (χ2n) is 4.65. The quantitative estimate of drug-likeness (QED) is 0.594. The average molecular weight is 302 g/mol. The van der Waals surface area contributed by atoms with Gasteiger partial charge in [0.05, 0.1) is 20.1 Å². The second-order valence-corrected chi connectivity index (χ2v) is 4.65. The highest BCUT2D eigenvalue weighted by molar-refractivity contribution is 5.81. The third-order valence-corrected chi connectivity index (χ3v) is 2.73. The zero-order valence-electron chi connectivity index (χ0n) is 13.1. The number of hydrogen-bond acceptors (Lipinski definition) is 5. The molecule has 0 bridgehead atoms. The molecule has 0 heterocycles. The van der Waals surface area contributed by atoms with Gasteiger partial charge < -0.3 is 20.1 Å². The van der Waals surface area contributed by atoms with Gasteiger partial charge >= 0.3 is 12.1 Å². The van der Waals surface area contributed by atoms with Crippen LogP contribution in [0.3, 0.4) is 0 Å². The Kier molecular flexibility index (Phi) is 11.0. The van der Waals surface area contributed by atoms with Gasteiger partial charge in [0.1, 0.15) is 0 Å². The Morgan fingerprint density at radius 1 is 1.10 bits per heavy atom. The summed E-state index contributed by atoms with van der Waals surface area (Å²) in [4.78, 5) is 34.0. The van der Waals surface area contributed by atoms with Crippen LogP contribution in [0.4, 0.5) is 4.79 Å². The minimum absolute atomic E-state index is 0.0484. The van der Waals surface area contributed by atoms with Crippen molar-refractivity contribution in [1.82, 2.24) is 10.6 Å². The summed E-state index contributed by atoms with van der Waals surface area (Å²) in [5, 5.41) is 5.41. The van der Waals surface area contributed by atoms with Gasteiger partial charge in [0.2, 0.25) is 5.91 Å². The second kappa shape index (κ2) is 12.0. The maximum Gasteiger partial charge on any atom is 0.407 e. The fraction of sp³-hybridized carbons (Fsp3) is 0.786. The highest BCUT2D eigenvalue weighted by atomic mass is 16.5. The van der Waals surface area contributed by atoms with E-state index in [9.17, 15) is 14.4 Å². The summed E-state index contributed by atoms with van der Waals surface area (Å²) >= 11 is 0. The van der Waals surface area contributed by atoms with Crippen molar-refractivity contribution < 1.29 is 23.9 Å². The highest BCUT2D eigenvalue weighted by Gasteiger charge is 2.14. The molecule has 0 rings (SSSR count). The van der Waals surface area contributed by atoms with Crippen LogP contribution < -0.4 is 10.6 Å². The molecule has 0 aromatic rings. The number of amides is 2. The van der Waals surface area contributed by atoms with Crippen LogP contribution in [0.25, 0.3) is 0 Å². The van der Waals surface area contributed by atoms with Crippen molar-refractivity contribution in [3.05, 3.63) is 0 Å². The van der Waals surface area contributed by atoms with Crippen LogP contribution >= 0.6 is 0 Å². The summed E-state index contributed by atoms with van der Waals surface area (Å²) in [5.74, 6) is -0.665. The first-order chi connectivity index (χ1) is 10.0. The van der Waals surface area contributed by atoms with E-state index in [1.807, 2.05) is 13.8 Å². The van der Waals surface area contributed by atoms with Gasteiger partial charge in [0.25, 0.3) is 0 Å². The van der Waals surface area contributed by atoms with Crippen molar-refractivity contribution in [2.75, 3.05) is 20.3 Å². The van der Waals surface area contributed by atoms with Crippen molar-refractivity contribution >= 4 is 18.0 Å². The molecule has 2 N–H and O–H groups in total. The molecule has 0 aliphatic carbocycles. The van der Waals surface area contributed by atoms with Crippen molar-refractivity contribution in [3.63, 3.8) is 0 Å². The SMILES string of the molecule is CCCOC(=O)N[C@@H](CCC)CNC(=O)CCC(=O)OC. The molecule has 0 aliphatic rings. The fourth-order valence-corrected chi connectivity index (χ4v) is 1.62. The van der Waals surface area contributed by atoms with E-state index < -0.39 is 12.1 Å². The standard InChI is InChI=1S/C14H26N2O5/c1-4-6-11(16-14(19)21-9-5-2)10-15-12(17)7-8-13(18)20-3/h11H,4-10H2,1-3H3,(H,15,17)(H,16,19)/t11-/m0/s1. The molecule has 0 saturated carbocycles. The van der Waals surface area contributed by atoms with Gasteiger partial charge in [-0.1, -0.05) is 20.3 Å². The Hall–Kier alpha value is -1.79. The van der Waals surface area contributed by atoms with Crippen LogP contribution in [-0.2, 0) is 19.1 Å². The van der Waals surface area contributed by atoms with Gasteiger partial charge in [-0.3, -0.25) is 9.59 Å². The number of nitrogens with one attached hydrogen (secondary N) is 2. The summed E-state index contributed by atoms with van der Waals surface area (Å²) in [7, 11) is 1.28. The zero-order valence-corrected chi connectivity index (χ0v) is 13.1. The van der Waals surface area contributed by atoms with Gasteiger partial charge in [-0.2, -0.15) is 0 Å².